The van der Waals surface area contributed by atoms with E-state index in [1.165, 1.54) is 31.4 Å². The van der Waals surface area contributed by atoms with Gasteiger partial charge in [-0.15, -0.1) is 13.2 Å². The molecule has 1 amide bonds. The van der Waals surface area contributed by atoms with Crippen molar-refractivity contribution in [2.24, 2.45) is 0 Å². The van der Waals surface area contributed by atoms with E-state index < -0.39 is 12.3 Å². The Labute approximate surface area is 178 Å². The van der Waals surface area contributed by atoms with Gasteiger partial charge >= 0.3 is 6.36 Å². The standard InChI is InChI=1S/C22H24F3NO5/c1-15(17-8-10-19(20(14-17)29-3)30-13-12-28-2)26-21(27)11-9-16-6-4-5-7-18(16)31-22(23,24)25/h4-11,14-15H,12-13H2,1-3H3,(H,26,27). The molecule has 0 bridgehead atoms. The van der Waals surface area contributed by atoms with Crippen LogP contribution >= 0.6 is 0 Å². The minimum Gasteiger partial charge on any atom is -0.493 e. The molecule has 0 saturated heterocycles. The molecule has 168 valence electrons. The number of rotatable bonds is 10. The van der Waals surface area contributed by atoms with Crippen LogP contribution < -0.4 is 19.5 Å². The molecule has 2 aromatic carbocycles. The van der Waals surface area contributed by atoms with Crippen molar-refractivity contribution in [1.82, 2.24) is 5.32 Å². The number of hydrogen-bond acceptors (Lipinski definition) is 5. The molecule has 0 heterocycles. The number of amides is 1. The highest BCUT2D eigenvalue weighted by Crippen LogP contribution is 2.30. The van der Waals surface area contributed by atoms with Gasteiger partial charge in [0.2, 0.25) is 5.91 Å². The number of ether oxygens (including phenoxy) is 4. The molecule has 0 radical (unpaired) electrons. The topological polar surface area (TPSA) is 66.0 Å². The summed E-state index contributed by atoms with van der Waals surface area (Å²) in [7, 11) is 3.08. The van der Waals surface area contributed by atoms with Gasteiger partial charge in [-0.3, -0.25) is 4.79 Å². The second-order valence-electron chi connectivity index (χ2n) is 6.40. The molecule has 0 aliphatic carbocycles. The lowest BCUT2D eigenvalue weighted by Gasteiger charge is -2.16. The molecular formula is C22H24F3NO5. The molecule has 0 fully saturated rings. The van der Waals surface area contributed by atoms with E-state index in [0.717, 1.165) is 11.6 Å². The smallest absolute Gasteiger partial charge is 0.493 e. The van der Waals surface area contributed by atoms with Crippen LogP contribution in [-0.4, -0.2) is 39.7 Å². The van der Waals surface area contributed by atoms with Gasteiger partial charge in [0.25, 0.3) is 0 Å². The molecule has 0 spiro atoms. The molecule has 1 unspecified atom stereocenters. The monoisotopic (exact) mass is 439 g/mol. The van der Waals surface area contributed by atoms with E-state index in [9.17, 15) is 18.0 Å². The number of halogens is 3. The number of benzene rings is 2. The number of carbonyl (C=O) groups is 1. The zero-order valence-electron chi connectivity index (χ0n) is 17.4. The normalized spacial score (nSPS) is 12.5. The predicted molar refractivity (Wildman–Crippen MR) is 109 cm³/mol. The molecule has 1 atom stereocenters. The third kappa shape index (κ3) is 7.86. The zero-order chi connectivity index (χ0) is 22.9. The van der Waals surface area contributed by atoms with Crippen molar-refractivity contribution >= 4 is 12.0 Å². The molecule has 0 aromatic heterocycles. The van der Waals surface area contributed by atoms with Crippen molar-refractivity contribution in [2.45, 2.75) is 19.3 Å². The first-order valence-corrected chi connectivity index (χ1v) is 9.36. The van der Waals surface area contributed by atoms with Gasteiger partial charge in [0, 0.05) is 18.7 Å². The van der Waals surface area contributed by atoms with Gasteiger partial charge in [0.15, 0.2) is 11.5 Å². The maximum absolute atomic E-state index is 12.5. The van der Waals surface area contributed by atoms with Gasteiger partial charge in [-0.1, -0.05) is 24.3 Å². The Balaban J connectivity index is 2.04. The van der Waals surface area contributed by atoms with E-state index in [4.69, 9.17) is 14.2 Å². The fourth-order valence-electron chi connectivity index (χ4n) is 2.65. The van der Waals surface area contributed by atoms with Gasteiger partial charge < -0.3 is 24.3 Å². The van der Waals surface area contributed by atoms with Crippen molar-refractivity contribution in [3.8, 4) is 17.2 Å². The Kier molecular flexibility index (Phi) is 8.75. The molecule has 1 N–H and O–H groups in total. The number of para-hydroxylation sites is 1. The summed E-state index contributed by atoms with van der Waals surface area (Å²) in [6.07, 6.45) is -2.41. The summed E-state index contributed by atoms with van der Waals surface area (Å²) in [5.41, 5.74) is 0.889. The number of carbonyl (C=O) groups excluding carboxylic acids is 1. The highest BCUT2D eigenvalue weighted by Gasteiger charge is 2.31. The van der Waals surface area contributed by atoms with Gasteiger partial charge in [-0.25, -0.2) is 0 Å². The summed E-state index contributed by atoms with van der Waals surface area (Å²) in [6, 6.07) is 10.4. The first-order valence-electron chi connectivity index (χ1n) is 9.36. The minimum absolute atomic E-state index is 0.127. The Morgan fingerprint density at radius 1 is 1.06 bits per heavy atom. The van der Waals surface area contributed by atoms with E-state index in [-0.39, 0.29) is 17.4 Å². The van der Waals surface area contributed by atoms with Gasteiger partial charge in [0.1, 0.15) is 12.4 Å². The maximum Gasteiger partial charge on any atom is 0.573 e. The highest BCUT2D eigenvalue weighted by atomic mass is 19.4. The quantitative estimate of drug-likeness (QED) is 0.436. The van der Waals surface area contributed by atoms with Crippen LogP contribution in [0.15, 0.2) is 48.5 Å². The lowest BCUT2D eigenvalue weighted by molar-refractivity contribution is -0.274. The molecular weight excluding hydrogens is 415 g/mol. The molecule has 31 heavy (non-hydrogen) atoms. The average molecular weight is 439 g/mol. The first-order chi connectivity index (χ1) is 14.7. The molecule has 2 rings (SSSR count). The van der Waals surface area contributed by atoms with Crippen LogP contribution in [0.4, 0.5) is 13.2 Å². The number of methoxy groups -OCH3 is 2. The maximum atomic E-state index is 12.5. The van der Waals surface area contributed by atoms with Crippen LogP contribution in [0.3, 0.4) is 0 Å². The second-order valence-corrected chi connectivity index (χ2v) is 6.40. The van der Waals surface area contributed by atoms with Crippen molar-refractivity contribution in [3.05, 3.63) is 59.7 Å². The summed E-state index contributed by atoms with van der Waals surface area (Å²) in [5, 5.41) is 2.75. The summed E-state index contributed by atoms with van der Waals surface area (Å²) in [5.74, 6) is 0.182. The van der Waals surface area contributed by atoms with Crippen LogP contribution in [0, 0.1) is 0 Å². The highest BCUT2D eigenvalue weighted by molar-refractivity contribution is 5.92. The van der Waals surface area contributed by atoms with Crippen LogP contribution in [-0.2, 0) is 9.53 Å². The fraction of sp³-hybridized carbons (Fsp3) is 0.318. The second kappa shape index (κ2) is 11.3. The van der Waals surface area contributed by atoms with Crippen molar-refractivity contribution in [3.63, 3.8) is 0 Å². The molecule has 2 aromatic rings. The van der Waals surface area contributed by atoms with E-state index in [1.54, 1.807) is 38.3 Å². The van der Waals surface area contributed by atoms with Gasteiger partial charge in [0.05, 0.1) is 19.8 Å². The third-order valence-electron chi connectivity index (χ3n) is 4.15. The third-order valence-corrected chi connectivity index (χ3v) is 4.15. The van der Waals surface area contributed by atoms with Crippen LogP contribution in [0.1, 0.15) is 24.1 Å². The molecule has 0 aliphatic rings. The van der Waals surface area contributed by atoms with E-state index >= 15 is 0 Å². The van der Waals surface area contributed by atoms with Crippen molar-refractivity contribution in [2.75, 3.05) is 27.4 Å². The summed E-state index contributed by atoms with van der Waals surface area (Å²) in [6.45, 7) is 2.57. The largest absolute Gasteiger partial charge is 0.573 e. The van der Waals surface area contributed by atoms with Crippen LogP contribution in [0.25, 0.3) is 6.08 Å². The summed E-state index contributed by atoms with van der Waals surface area (Å²) >= 11 is 0. The average Bonchev–Trinajstić information content (AvgIpc) is 2.72. The number of nitrogens with one attached hydrogen (secondary N) is 1. The Morgan fingerprint density at radius 2 is 1.81 bits per heavy atom. The Bertz CT molecular complexity index is 899. The number of alkyl halides is 3. The summed E-state index contributed by atoms with van der Waals surface area (Å²) < 4.78 is 57.3. The SMILES string of the molecule is COCCOc1ccc(C(C)NC(=O)C=Cc2ccccc2OC(F)(F)F)cc1OC. The lowest BCUT2D eigenvalue weighted by Crippen LogP contribution is -2.24. The Morgan fingerprint density at radius 3 is 2.48 bits per heavy atom. The first kappa shape index (κ1) is 24.1. The van der Waals surface area contributed by atoms with Crippen LogP contribution in [0.2, 0.25) is 0 Å². The molecule has 9 heteroatoms. The predicted octanol–water partition coefficient (Wildman–Crippen LogP) is 4.51. The van der Waals surface area contributed by atoms with Crippen molar-refractivity contribution < 1.29 is 36.9 Å². The minimum atomic E-state index is -4.82. The fourth-order valence-corrected chi connectivity index (χ4v) is 2.65. The zero-order valence-corrected chi connectivity index (χ0v) is 17.4. The van der Waals surface area contributed by atoms with Crippen LogP contribution in [0.5, 0.6) is 17.2 Å². The summed E-state index contributed by atoms with van der Waals surface area (Å²) in [4.78, 5) is 12.3. The lowest BCUT2D eigenvalue weighted by atomic mass is 10.1. The van der Waals surface area contributed by atoms with Gasteiger partial charge in [-0.2, -0.15) is 0 Å². The van der Waals surface area contributed by atoms with E-state index in [0.29, 0.717) is 24.7 Å². The number of hydrogen-bond donors (Lipinski definition) is 1. The molecule has 0 saturated carbocycles. The Hall–Kier alpha value is -3.20. The van der Waals surface area contributed by atoms with Gasteiger partial charge in [-0.05, 0) is 36.8 Å². The van der Waals surface area contributed by atoms with E-state index in [2.05, 4.69) is 10.1 Å². The van der Waals surface area contributed by atoms with E-state index in [1.807, 2.05) is 0 Å². The van der Waals surface area contributed by atoms with Crippen molar-refractivity contribution in [1.29, 1.82) is 0 Å². The molecule has 0 aliphatic heterocycles. The molecule has 6 nitrogen and oxygen atoms in total.